The minimum Gasteiger partial charge on any atom is -0.756 e. The zero-order valence-electron chi connectivity index (χ0n) is 16.0. The Morgan fingerprint density at radius 3 is 2.47 bits per heavy atom. The fraction of sp³-hybridized carbons (Fsp3) is 0.375. The molecular weight excluding hydrogens is 490 g/mol. The fourth-order valence-corrected chi connectivity index (χ4v) is 3.98. The summed E-state index contributed by atoms with van der Waals surface area (Å²) in [6.45, 7) is 0.604. The zero-order chi connectivity index (χ0) is 21.8. The van der Waals surface area contributed by atoms with Crippen LogP contribution in [0.5, 0.6) is 0 Å². The van der Waals surface area contributed by atoms with Gasteiger partial charge in [-0.25, -0.2) is 9.37 Å². The van der Waals surface area contributed by atoms with E-state index in [9.17, 15) is 18.6 Å². The van der Waals surface area contributed by atoms with Crippen molar-refractivity contribution in [1.82, 2.24) is 10.3 Å². The summed E-state index contributed by atoms with van der Waals surface area (Å²) in [6, 6.07) is 4.56. The number of thiazole rings is 1. The van der Waals surface area contributed by atoms with Gasteiger partial charge in [0.05, 0.1) is 17.0 Å². The third-order valence-electron chi connectivity index (χ3n) is 3.74. The molecule has 0 spiro atoms. The molecule has 14 heteroatoms. The Hall–Kier alpha value is -0.1000. The van der Waals surface area contributed by atoms with Crippen LogP contribution in [0.25, 0.3) is 10.4 Å². The van der Waals surface area contributed by atoms with Crippen molar-refractivity contribution < 1.29 is 57.6 Å². The molecule has 0 fully saturated rings. The van der Waals surface area contributed by atoms with Gasteiger partial charge in [-0.3, -0.25) is 9.36 Å². The minimum atomic E-state index is -5.25. The van der Waals surface area contributed by atoms with Crippen LogP contribution >= 0.6 is 42.4 Å². The Kier molecular flexibility index (Phi) is 11.4. The van der Waals surface area contributed by atoms with Gasteiger partial charge in [0, 0.05) is 6.20 Å². The van der Waals surface area contributed by atoms with Gasteiger partial charge >= 0.3 is 29.6 Å². The predicted octanol–water partition coefficient (Wildman–Crippen LogP) is -0.390. The number of alkyl halides is 3. The van der Waals surface area contributed by atoms with Gasteiger partial charge in [-0.15, -0.1) is 11.3 Å². The third kappa shape index (κ3) is 8.11. The van der Waals surface area contributed by atoms with E-state index in [0.717, 1.165) is 15.4 Å². The number of phosphoric acid groups is 1. The summed E-state index contributed by atoms with van der Waals surface area (Å²) in [5.74, 6) is -0.937. The first-order valence-electron chi connectivity index (χ1n) is 8.20. The van der Waals surface area contributed by atoms with Crippen LogP contribution in [0.2, 0.25) is 0 Å². The molecule has 4 N–H and O–H groups in total. The van der Waals surface area contributed by atoms with Crippen LogP contribution in [-0.2, 0) is 13.9 Å². The molecule has 0 aliphatic heterocycles. The molecule has 160 valence electrons. The normalized spacial score (nSPS) is 16.3. The van der Waals surface area contributed by atoms with E-state index >= 15 is 0 Å². The van der Waals surface area contributed by atoms with Gasteiger partial charge in [-0.2, -0.15) is 0 Å². The largest absolute Gasteiger partial charge is 1.00 e. The number of carbonyl (C=O) groups excluding carboxylic acids is 1. The summed E-state index contributed by atoms with van der Waals surface area (Å²) in [4.78, 5) is 35.6. The summed E-state index contributed by atoms with van der Waals surface area (Å²) < 4.78 is 29.4. The number of amides is 1. The van der Waals surface area contributed by atoms with E-state index in [4.69, 9.17) is 33.8 Å². The van der Waals surface area contributed by atoms with Gasteiger partial charge in [0.15, 0.2) is 4.84 Å². The van der Waals surface area contributed by atoms with E-state index in [1.807, 2.05) is 0 Å². The van der Waals surface area contributed by atoms with Gasteiger partial charge in [0.25, 0.3) is 13.7 Å². The average molecular weight is 508 g/mol. The van der Waals surface area contributed by atoms with Gasteiger partial charge < -0.3 is 25.4 Å². The molecule has 2 aromatic rings. The first kappa shape index (κ1) is 27.9. The standard InChI is InChI=1S/C16H19Cl2FN3O5PS.Na/c1-8(20)16-21-7-12(29-16)9-2-4-10(5-3-9)13(27-28(24,25)26)11(6-19)22-15(23)14(17)18;/h2-5,7-8,11,13-14H,6,20H2,1H3,(H,22,23)(H2,24,25,26);/q;+1/p-1/t8?,11-,13-;/m1./s1. The van der Waals surface area contributed by atoms with Crippen molar-refractivity contribution in [3.05, 3.63) is 41.0 Å². The molecule has 0 aliphatic rings. The summed E-state index contributed by atoms with van der Waals surface area (Å²) in [6.07, 6.45) is 0.108. The number of hydrogen-bond donors (Lipinski definition) is 3. The number of hydrogen-bond acceptors (Lipinski definition) is 7. The molecule has 0 saturated heterocycles. The van der Waals surface area contributed by atoms with Crippen molar-refractivity contribution >= 4 is 48.3 Å². The second-order valence-corrected chi connectivity index (χ2v) is 9.34. The number of nitrogens with zero attached hydrogens (tertiary/aromatic N) is 1. The number of aromatic nitrogens is 1. The minimum absolute atomic E-state index is 0. The van der Waals surface area contributed by atoms with Crippen molar-refractivity contribution in [1.29, 1.82) is 0 Å². The number of benzene rings is 1. The van der Waals surface area contributed by atoms with Crippen molar-refractivity contribution in [2.24, 2.45) is 5.73 Å². The predicted molar refractivity (Wildman–Crippen MR) is 107 cm³/mol. The molecule has 1 amide bonds. The molecule has 2 rings (SSSR count). The van der Waals surface area contributed by atoms with E-state index in [0.29, 0.717) is 0 Å². The summed E-state index contributed by atoms with van der Waals surface area (Å²) >= 11 is 12.3. The SMILES string of the molecule is CC(N)c1ncc(-c2ccc([C@@H](OP(=O)([O-])O)[C@@H](CF)NC(=O)C(Cl)Cl)cc2)s1.[Na+]. The molecule has 0 aliphatic carbocycles. The quantitative estimate of drug-likeness (QED) is 0.238. The second kappa shape index (κ2) is 12.2. The van der Waals surface area contributed by atoms with Crippen molar-refractivity contribution in [2.45, 2.75) is 29.9 Å². The maximum absolute atomic E-state index is 13.5. The van der Waals surface area contributed by atoms with Crippen LogP contribution in [0.15, 0.2) is 30.5 Å². The average Bonchev–Trinajstić information content (AvgIpc) is 3.14. The summed E-state index contributed by atoms with van der Waals surface area (Å²) in [5.41, 5.74) is 6.75. The van der Waals surface area contributed by atoms with Crippen LogP contribution in [0.4, 0.5) is 4.39 Å². The summed E-state index contributed by atoms with van der Waals surface area (Å²) in [5, 5.41) is 2.90. The number of rotatable bonds is 9. The Balaban J connectivity index is 0.00000450. The van der Waals surface area contributed by atoms with E-state index in [-0.39, 0.29) is 41.2 Å². The molecule has 1 aromatic carbocycles. The van der Waals surface area contributed by atoms with Crippen LogP contribution in [0.1, 0.15) is 29.6 Å². The van der Waals surface area contributed by atoms with Crippen LogP contribution in [0.3, 0.4) is 0 Å². The van der Waals surface area contributed by atoms with Gasteiger partial charge in [-0.1, -0.05) is 47.5 Å². The van der Waals surface area contributed by atoms with Crippen LogP contribution in [0, 0.1) is 0 Å². The molecular formula is C16H18Cl2FN3NaO5PS. The van der Waals surface area contributed by atoms with E-state index in [1.165, 1.54) is 23.5 Å². The van der Waals surface area contributed by atoms with E-state index < -0.39 is 37.4 Å². The Bertz CT molecular complexity index is 884. The number of nitrogens with one attached hydrogen (secondary N) is 1. The van der Waals surface area contributed by atoms with E-state index in [1.54, 1.807) is 25.3 Å². The van der Waals surface area contributed by atoms with Crippen LogP contribution < -0.4 is 45.5 Å². The number of nitrogens with two attached hydrogens (primary N) is 1. The Morgan fingerprint density at radius 2 is 2.03 bits per heavy atom. The maximum Gasteiger partial charge on any atom is 1.00 e. The molecule has 2 unspecified atom stereocenters. The van der Waals surface area contributed by atoms with Gasteiger partial charge in [0.1, 0.15) is 17.8 Å². The number of halogens is 3. The molecule has 1 heterocycles. The molecule has 0 bridgehead atoms. The second-order valence-electron chi connectivity index (χ2n) is 6.04. The van der Waals surface area contributed by atoms with Gasteiger partial charge in [0.2, 0.25) is 0 Å². The van der Waals surface area contributed by atoms with Gasteiger partial charge in [-0.05, 0) is 18.1 Å². The Labute approximate surface area is 208 Å². The first-order chi connectivity index (χ1) is 13.5. The fourth-order valence-electron chi connectivity index (χ4n) is 2.42. The zero-order valence-corrected chi connectivity index (χ0v) is 21.2. The Morgan fingerprint density at radius 1 is 1.43 bits per heavy atom. The monoisotopic (exact) mass is 507 g/mol. The van der Waals surface area contributed by atoms with Crippen molar-refractivity contribution in [3.8, 4) is 10.4 Å². The third-order valence-corrected chi connectivity index (χ3v) is 5.88. The number of phosphoric ester groups is 1. The van der Waals surface area contributed by atoms with E-state index in [2.05, 4.69) is 14.8 Å². The number of carbonyl (C=O) groups is 1. The smallest absolute Gasteiger partial charge is 0.756 e. The molecule has 30 heavy (non-hydrogen) atoms. The molecule has 1 aromatic heterocycles. The van der Waals surface area contributed by atoms with Crippen molar-refractivity contribution in [3.63, 3.8) is 0 Å². The molecule has 4 atom stereocenters. The van der Waals surface area contributed by atoms with Crippen LogP contribution in [-0.4, -0.2) is 33.3 Å². The summed E-state index contributed by atoms with van der Waals surface area (Å²) in [7, 11) is -5.25. The maximum atomic E-state index is 13.5. The molecule has 0 saturated carbocycles. The first-order valence-corrected chi connectivity index (χ1v) is 11.4. The molecule has 8 nitrogen and oxygen atoms in total. The topological polar surface area (TPSA) is 138 Å². The molecule has 0 radical (unpaired) electrons. The van der Waals surface area contributed by atoms with Crippen molar-refractivity contribution in [2.75, 3.05) is 6.67 Å².